The first-order valence-corrected chi connectivity index (χ1v) is 6.54. The largest absolute Gasteiger partial charge is 0.466 e. The molecule has 0 aromatic heterocycles. The SMILES string of the molecule is CCCOC(=O)CCCCCCC(O)CC. The number of aliphatic hydroxyl groups excluding tert-OH is 1. The Morgan fingerprint density at radius 1 is 1.19 bits per heavy atom. The molecule has 1 unspecified atom stereocenters. The van der Waals surface area contributed by atoms with Crippen molar-refractivity contribution in [1.29, 1.82) is 0 Å². The van der Waals surface area contributed by atoms with Crippen molar-refractivity contribution >= 4 is 5.97 Å². The van der Waals surface area contributed by atoms with Gasteiger partial charge < -0.3 is 9.84 Å². The van der Waals surface area contributed by atoms with E-state index in [0.717, 1.165) is 44.9 Å². The predicted molar refractivity (Wildman–Crippen MR) is 65.2 cm³/mol. The molecule has 0 heterocycles. The Balaban J connectivity index is 3.17. The van der Waals surface area contributed by atoms with Crippen molar-refractivity contribution in [3.63, 3.8) is 0 Å². The molecule has 0 saturated carbocycles. The number of unbranched alkanes of at least 4 members (excludes halogenated alkanes) is 3. The summed E-state index contributed by atoms with van der Waals surface area (Å²) in [5.74, 6) is -0.0737. The highest BCUT2D eigenvalue weighted by molar-refractivity contribution is 5.69. The lowest BCUT2D eigenvalue weighted by molar-refractivity contribution is -0.143. The molecule has 0 rings (SSSR count). The maximum atomic E-state index is 11.1. The lowest BCUT2D eigenvalue weighted by Gasteiger charge is -2.06. The number of hydrogen-bond acceptors (Lipinski definition) is 3. The Hall–Kier alpha value is -0.570. The fraction of sp³-hybridized carbons (Fsp3) is 0.923. The van der Waals surface area contributed by atoms with Gasteiger partial charge in [0.05, 0.1) is 12.7 Å². The van der Waals surface area contributed by atoms with Gasteiger partial charge in [-0.3, -0.25) is 4.79 Å². The number of aliphatic hydroxyl groups is 1. The van der Waals surface area contributed by atoms with Crippen molar-refractivity contribution in [2.45, 2.75) is 71.3 Å². The highest BCUT2D eigenvalue weighted by Gasteiger charge is 2.02. The summed E-state index contributed by atoms with van der Waals surface area (Å²) in [4.78, 5) is 11.1. The number of rotatable bonds is 10. The first-order valence-electron chi connectivity index (χ1n) is 6.54. The van der Waals surface area contributed by atoms with Crippen LogP contribution in [0.3, 0.4) is 0 Å². The van der Waals surface area contributed by atoms with E-state index < -0.39 is 0 Å². The molecule has 0 radical (unpaired) electrons. The molecule has 1 atom stereocenters. The summed E-state index contributed by atoms with van der Waals surface area (Å²) in [6.07, 6.45) is 7.12. The van der Waals surface area contributed by atoms with Crippen LogP contribution in [0.4, 0.5) is 0 Å². The third kappa shape index (κ3) is 9.97. The minimum atomic E-state index is -0.144. The summed E-state index contributed by atoms with van der Waals surface area (Å²) in [6.45, 7) is 4.53. The summed E-state index contributed by atoms with van der Waals surface area (Å²) in [5, 5.41) is 9.33. The first kappa shape index (κ1) is 15.4. The van der Waals surface area contributed by atoms with E-state index in [-0.39, 0.29) is 12.1 Å². The molecule has 3 nitrogen and oxygen atoms in total. The van der Waals surface area contributed by atoms with Crippen LogP contribution in [0.25, 0.3) is 0 Å². The molecular weight excluding hydrogens is 204 g/mol. The zero-order valence-electron chi connectivity index (χ0n) is 10.7. The average Bonchev–Trinajstić information content (AvgIpc) is 2.30. The smallest absolute Gasteiger partial charge is 0.305 e. The van der Waals surface area contributed by atoms with Crippen LogP contribution in [-0.2, 0) is 9.53 Å². The monoisotopic (exact) mass is 230 g/mol. The first-order chi connectivity index (χ1) is 7.70. The molecule has 16 heavy (non-hydrogen) atoms. The summed E-state index contributed by atoms with van der Waals surface area (Å²) >= 11 is 0. The molecule has 0 aliphatic heterocycles. The van der Waals surface area contributed by atoms with Crippen molar-refractivity contribution in [3.05, 3.63) is 0 Å². The molecule has 0 aromatic rings. The summed E-state index contributed by atoms with van der Waals surface area (Å²) in [5.41, 5.74) is 0. The molecule has 0 aliphatic rings. The topological polar surface area (TPSA) is 46.5 Å². The number of carbonyl (C=O) groups excluding carboxylic acids is 1. The Morgan fingerprint density at radius 2 is 1.88 bits per heavy atom. The lowest BCUT2D eigenvalue weighted by atomic mass is 10.1. The fourth-order valence-corrected chi connectivity index (χ4v) is 1.50. The standard InChI is InChI=1S/C13H26O3/c1-3-11-16-13(15)10-8-6-5-7-9-12(14)4-2/h12,14H,3-11H2,1-2H3. The van der Waals surface area contributed by atoms with Crippen molar-refractivity contribution in [3.8, 4) is 0 Å². The molecule has 3 heteroatoms. The normalized spacial score (nSPS) is 12.4. The van der Waals surface area contributed by atoms with E-state index in [1.165, 1.54) is 0 Å². The third-order valence-electron chi connectivity index (χ3n) is 2.61. The quantitative estimate of drug-likeness (QED) is 0.463. The maximum Gasteiger partial charge on any atom is 0.305 e. The summed E-state index contributed by atoms with van der Waals surface area (Å²) in [7, 11) is 0. The molecule has 0 bridgehead atoms. The van der Waals surface area contributed by atoms with Crippen molar-refractivity contribution in [2.75, 3.05) is 6.61 Å². The Kier molecular flexibility index (Phi) is 10.5. The lowest BCUT2D eigenvalue weighted by Crippen LogP contribution is -2.05. The van der Waals surface area contributed by atoms with Gasteiger partial charge in [-0.1, -0.05) is 33.1 Å². The van der Waals surface area contributed by atoms with Gasteiger partial charge >= 0.3 is 5.97 Å². The molecular formula is C13H26O3. The van der Waals surface area contributed by atoms with Crippen molar-refractivity contribution in [2.24, 2.45) is 0 Å². The second-order valence-electron chi connectivity index (χ2n) is 4.24. The van der Waals surface area contributed by atoms with Crippen LogP contribution in [0.15, 0.2) is 0 Å². The average molecular weight is 230 g/mol. The molecule has 0 fully saturated rings. The Labute approximate surface area is 99.2 Å². The van der Waals surface area contributed by atoms with Gasteiger partial charge in [0, 0.05) is 6.42 Å². The van der Waals surface area contributed by atoms with Crippen LogP contribution in [0.1, 0.15) is 65.2 Å². The highest BCUT2D eigenvalue weighted by Crippen LogP contribution is 2.09. The van der Waals surface area contributed by atoms with E-state index in [4.69, 9.17) is 4.74 Å². The van der Waals surface area contributed by atoms with E-state index in [1.54, 1.807) is 0 Å². The minimum absolute atomic E-state index is 0.0737. The van der Waals surface area contributed by atoms with E-state index >= 15 is 0 Å². The van der Waals surface area contributed by atoms with E-state index in [2.05, 4.69) is 0 Å². The van der Waals surface area contributed by atoms with Gasteiger partial charge in [-0.2, -0.15) is 0 Å². The van der Waals surface area contributed by atoms with E-state index in [9.17, 15) is 9.90 Å². The zero-order chi connectivity index (χ0) is 12.2. The molecule has 0 aliphatic carbocycles. The van der Waals surface area contributed by atoms with Crippen LogP contribution >= 0.6 is 0 Å². The Bertz CT molecular complexity index is 169. The number of ether oxygens (including phenoxy) is 1. The van der Waals surface area contributed by atoms with Gasteiger partial charge in [0.2, 0.25) is 0 Å². The summed E-state index contributed by atoms with van der Waals surface area (Å²) in [6, 6.07) is 0. The van der Waals surface area contributed by atoms with Crippen LogP contribution in [-0.4, -0.2) is 23.8 Å². The molecule has 1 N–H and O–H groups in total. The van der Waals surface area contributed by atoms with Crippen LogP contribution in [0, 0.1) is 0 Å². The second kappa shape index (κ2) is 10.9. The zero-order valence-corrected chi connectivity index (χ0v) is 10.7. The van der Waals surface area contributed by atoms with Crippen LogP contribution in [0.5, 0.6) is 0 Å². The minimum Gasteiger partial charge on any atom is -0.466 e. The number of carbonyl (C=O) groups is 1. The highest BCUT2D eigenvalue weighted by atomic mass is 16.5. The van der Waals surface area contributed by atoms with Crippen molar-refractivity contribution in [1.82, 2.24) is 0 Å². The third-order valence-corrected chi connectivity index (χ3v) is 2.61. The molecule has 0 amide bonds. The van der Waals surface area contributed by atoms with Gasteiger partial charge in [-0.05, 0) is 25.7 Å². The van der Waals surface area contributed by atoms with Crippen molar-refractivity contribution < 1.29 is 14.6 Å². The Morgan fingerprint density at radius 3 is 2.50 bits per heavy atom. The number of hydrogen-bond donors (Lipinski definition) is 1. The molecule has 0 saturated heterocycles. The van der Waals surface area contributed by atoms with Gasteiger partial charge in [-0.25, -0.2) is 0 Å². The molecule has 0 spiro atoms. The van der Waals surface area contributed by atoms with Crippen LogP contribution < -0.4 is 0 Å². The maximum absolute atomic E-state index is 11.1. The summed E-state index contributed by atoms with van der Waals surface area (Å²) < 4.78 is 4.97. The van der Waals surface area contributed by atoms with Gasteiger partial charge in [0.25, 0.3) is 0 Å². The number of esters is 1. The molecule has 0 aromatic carbocycles. The van der Waals surface area contributed by atoms with E-state index in [0.29, 0.717) is 13.0 Å². The van der Waals surface area contributed by atoms with E-state index in [1.807, 2.05) is 13.8 Å². The van der Waals surface area contributed by atoms with Gasteiger partial charge in [0.15, 0.2) is 0 Å². The van der Waals surface area contributed by atoms with Gasteiger partial charge in [0.1, 0.15) is 0 Å². The molecule has 96 valence electrons. The predicted octanol–water partition coefficient (Wildman–Crippen LogP) is 3.05. The second-order valence-corrected chi connectivity index (χ2v) is 4.24. The fourth-order valence-electron chi connectivity index (χ4n) is 1.50. The van der Waals surface area contributed by atoms with Crippen LogP contribution in [0.2, 0.25) is 0 Å². The van der Waals surface area contributed by atoms with Gasteiger partial charge in [-0.15, -0.1) is 0 Å².